The van der Waals surface area contributed by atoms with Crippen molar-refractivity contribution in [2.24, 2.45) is 0 Å². The summed E-state index contributed by atoms with van der Waals surface area (Å²) in [7, 11) is 0. The number of nitrogens with one attached hydrogen (secondary N) is 1. The zero-order valence-electron chi connectivity index (χ0n) is 12.6. The van der Waals surface area contributed by atoms with Gasteiger partial charge in [0.2, 0.25) is 0 Å². The third kappa shape index (κ3) is 4.64. The van der Waals surface area contributed by atoms with Crippen molar-refractivity contribution in [3.05, 3.63) is 78.8 Å². The quantitative estimate of drug-likeness (QED) is 0.473. The first kappa shape index (κ1) is 18.5. The summed E-state index contributed by atoms with van der Waals surface area (Å²) in [6.45, 7) is 0.504. The molecular weight excluding hydrogens is 493 g/mol. The van der Waals surface area contributed by atoms with Crippen LogP contribution >= 0.6 is 55.1 Å². The van der Waals surface area contributed by atoms with Gasteiger partial charge in [-0.15, -0.1) is 0 Å². The van der Waals surface area contributed by atoms with Crippen molar-refractivity contribution in [1.29, 1.82) is 0 Å². The summed E-state index contributed by atoms with van der Waals surface area (Å²) < 4.78 is 3.31. The second-order valence-electron chi connectivity index (χ2n) is 5.23. The second-order valence-corrected chi connectivity index (χ2v) is 7.82. The summed E-state index contributed by atoms with van der Waals surface area (Å²) in [5.41, 5.74) is 1.50. The number of carbonyl (C=O) groups excluding carboxylic acids is 1. The van der Waals surface area contributed by atoms with Crippen LogP contribution in [0.3, 0.4) is 0 Å². The summed E-state index contributed by atoms with van der Waals surface area (Å²) in [5, 5.41) is 8.19. The predicted octanol–water partition coefficient (Wildman–Crippen LogP) is 6.02. The van der Waals surface area contributed by atoms with Crippen LogP contribution in [-0.2, 0) is 6.54 Å². The number of rotatable bonds is 4. The van der Waals surface area contributed by atoms with Crippen LogP contribution in [0.4, 0.5) is 5.82 Å². The van der Waals surface area contributed by atoms with E-state index in [-0.39, 0.29) is 5.91 Å². The van der Waals surface area contributed by atoms with Crippen LogP contribution in [-0.4, -0.2) is 15.7 Å². The number of aromatic nitrogens is 2. The number of nitrogens with zero attached hydrogens (tertiary/aromatic N) is 2. The molecule has 0 aliphatic rings. The number of benzene rings is 2. The molecule has 0 bridgehead atoms. The highest BCUT2D eigenvalue weighted by molar-refractivity contribution is 9.10. The molecule has 1 aromatic heterocycles. The molecule has 0 aliphatic carbocycles. The van der Waals surface area contributed by atoms with Crippen molar-refractivity contribution < 1.29 is 4.79 Å². The minimum absolute atomic E-state index is 0.229. The van der Waals surface area contributed by atoms with Gasteiger partial charge in [0.1, 0.15) is 0 Å². The lowest BCUT2D eigenvalue weighted by Gasteiger charge is -2.04. The number of hydrogen-bond donors (Lipinski definition) is 1. The van der Waals surface area contributed by atoms with E-state index >= 15 is 0 Å². The second kappa shape index (κ2) is 7.91. The minimum atomic E-state index is -0.229. The Morgan fingerprint density at radius 1 is 1.08 bits per heavy atom. The lowest BCUT2D eigenvalue weighted by molar-refractivity contribution is 0.102. The number of halogens is 4. The topological polar surface area (TPSA) is 46.9 Å². The van der Waals surface area contributed by atoms with Crippen LogP contribution in [0.1, 0.15) is 15.9 Å². The highest BCUT2D eigenvalue weighted by Gasteiger charge is 2.12. The monoisotopic (exact) mass is 501 g/mol. The Kier molecular flexibility index (Phi) is 5.84. The van der Waals surface area contributed by atoms with Gasteiger partial charge in [0.25, 0.3) is 5.91 Å². The van der Waals surface area contributed by atoms with Crippen LogP contribution in [0.2, 0.25) is 10.0 Å². The van der Waals surface area contributed by atoms with E-state index < -0.39 is 0 Å². The van der Waals surface area contributed by atoms with Crippen molar-refractivity contribution in [3.8, 4) is 0 Å². The third-order valence-electron chi connectivity index (χ3n) is 3.38. The maximum Gasteiger partial charge on any atom is 0.256 e. The van der Waals surface area contributed by atoms with Crippen LogP contribution in [0.25, 0.3) is 0 Å². The fourth-order valence-electron chi connectivity index (χ4n) is 2.17. The largest absolute Gasteiger partial charge is 0.304 e. The standard InChI is InChI=1S/C17H11Br2Cl2N3O/c18-12-4-2-11(3-5-12)17(25)22-16-13(19)9-24(23-16)8-10-1-6-14(20)15(21)7-10/h1-7,9H,8H2,(H,22,23,25). The van der Waals surface area contributed by atoms with Crippen LogP contribution in [0.5, 0.6) is 0 Å². The zero-order valence-corrected chi connectivity index (χ0v) is 17.3. The lowest BCUT2D eigenvalue weighted by Crippen LogP contribution is -2.13. The molecule has 1 N–H and O–H groups in total. The fraction of sp³-hybridized carbons (Fsp3) is 0.0588. The van der Waals surface area contributed by atoms with Gasteiger partial charge < -0.3 is 5.32 Å². The summed E-state index contributed by atoms with van der Waals surface area (Å²) in [6, 6.07) is 12.5. The molecule has 3 rings (SSSR count). The first-order valence-electron chi connectivity index (χ1n) is 7.16. The van der Waals surface area contributed by atoms with E-state index in [1.165, 1.54) is 0 Å². The molecule has 25 heavy (non-hydrogen) atoms. The molecular formula is C17H11Br2Cl2N3O. The van der Waals surface area contributed by atoms with E-state index in [0.29, 0.717) is 32.4 Å². The summed E-state index contributed by atoms with van der Waals surface area (Å²) >= 11 is 18.7. The Morgan fingerprint density at radius 3 is 2.48 bits per heavy atom. The van der Waals surface area contributed by atoms with E-state index in [2.05, 4.69) is 42.3 Å². The molecule has 0 saturated carbocycles. The normalized spacial score (nSPS) is 10.7. The summed E-state index contributed by atoms with van der Waals surface area (Å²) in [4.78, 5) is 12.3. The Labute approximate surface area is 171 Å². The first-order valence-corrected chi connectivity index (χ1v) is 9.50. The van der Waals surface area contributed by atoms with E-state index in [0.717, 1.165) is 10.0 Å². The van der Waals surface area contributed by atoms with Crippen LogP contribution in [0.15, 0.2) is 57.6 Å². The lowest BCUT2D eigenvalue weighted by atomic mass is 10.2. The maximum absolute atomic E-state index is 12.3. The number of anilines is 1. The van der Waals surface area contributed by atoms with E-state index in [4.69, 9.17) is 23.2 Å². The third-order valence-corrected chi connectivity index (χ3v) is 5.23. The van der Waals surface area contributed by atoms with Gasteiger partial charge in [-0.2, -0.15) is 5.10 Å². The number of amides is 1. The highest BCUT2D eigenvalue weighted by atomic mass is 79.9. The van der Waals surface area contributed by atoms with Crippen molar-refractivity contribution in [2.45, 2.75) is 6.54 Å². The first-order chi connectivity index (χ1) is 11.9. The smallest absolute Gasteiger partial charge is 0.256 e. The van der Waals surface area contributed by atoms with Crippen molar-refractivity contribution in [3.63, 3.8) is 0 Å². The van der Waals surface area contributed by atoms with E-state index in [1.807, 2.05) is 18.2 Å². The van der Waals surface area contributed by atoms with Gasteiger partial charge in [-0.05, 0) is 57.9 Å². The number of hydrogen-bond acceptors (Lipinski definition) is 2. The average molecular weight is 504 g/mol. The molecule has 0 unspecified atom stereocenters. The average Bonchev–Trinajstić information content (AvgIpc) is 2.91. The van der Waals surface area contributed by atoms with Crippen molar-refractivity contribution in [2.75, 3.05) is 5.32 Å². The molecule has 4 nitrogen and oxygen atoms in total. The maximum atomic E-state index is 12.3. The fourth-order valence-corrected chi connectivity index (χ4v) is 3.17. The molecule has 2 aromatic carbocycles. The van der Waals surface area contributed by atoms with Gasteiger partial charge in [0.05, 0.1) is 21.1 Å². The van der Waals surface area contributed by atoms with Gasteiger partial charge in [0, 0.05) is 16.2 Å². The molecule has 1 amide bonds. The SMILES string of the molecule is O=C(Nc1nn(Cc2ccc(Cl)c(Cl)c2)cc1Br)c1ccc(Br)cc1. The van der Waals surface area contributed by atoms with Crippen molar-refractivity contribution in [1.82, 2.24) is 9.78 Å². The molecule has 0 aliphatic heterocycles. The Hall–Kier alpha value is -1.34. The van der Waals surface area contributed by atoms with Crippen molar-refractivity contribution >= 4 is 66.8 Å². The van der Waals surface area contributed by atoms with Crippen LogP contribution in [0, 0.1) is 0 Å². The molecule has 0 fully saturated rings. The van der Waals surface area contributed by atoms with E-state index in [9.17, 15) is 4.79 Å². The Balaban J connectivity index is 1.74. The number of carbonyl (C=O) groups is 1. The van der Waals surface area contributed by atoms with Gasteiger partial charge in [-0.3, -0.25) is 9.48 Å². The summed E-state index contributed by atoms with van der Waals surface area (Å²) in [5.74, 6) is 0.223. The van der Waals surface area contributed by atoms with Gasteiger partial charge in [0.15, 0.2) is 5.82 Å². The Bertz CT molecular complexity index is 926. The molecule has 0 radical (unpaired) electrons. The van der Waals surface area contributed by atoms with E-state index in [1.54, 1.807) is 35.1 Å². The summed E-state index contributed by atoms with van der Waals surface area (Å²) in [6.07, 6.45) is 1.79. The van der Waals surface area contributed by atoms with Gasteiger partial charge in [-0.25, -0.2) is 0 Å². The highest BCUT2D eigenvalue weighted by Crippen LogP contribution is 2.25. The Morgan fingerprint density at radius 2 is 1.80 bits per heavy atom. The molecule has 0 saturated heterocycles. The molecule has 8 heteroatoms. The van der Waals surface area contributed by atoms with Crippen LogP contribution < -0.4 is 5.32 Å². The minimum Gasteiger partial charge on any atom is -0.304 e. The molecule has 0 atom stereocenters. The molecule has 128 valence electrons. The molecule has 3 aromatic rings. The molecule has 0 spiro atoms. The van der Waals surface area contributed by atoms with Gasteiger partial charge >= 0.3 is 0 Å². The molecule has 1 heterocycles. The predicted molar refractivity (Wildman–Crippen MR) is 108 cm³/mol. The van der Waals surface area contributed by atoms with Gasteiger partial charge in [-0.1, -0.05) is 45.2 Å². The zero-order chi connectivity index (χ0) is 18.0.